The van der Waals surface area contributed by atoms with Crippen LogP contribution in [0.15, 0.2) is 23.8 Å². The van der Waals surface area contributed by atoms with Crippen molar-refractivity contribution in [2.75, 3.05) is 0 Å². The van der Waals surface area contributed by atoms with Crippen LogP contribution in [-0.2, 0) is 0 Å². The Labute approximate surface area is 93.9 Å². The number of hydrogen-bond acceptors (Lipinski definition) is 1. The first-order valence-corrected chi connectivity index (χ1v) is 5.89. The molecule has 0 aromatic rings. The minimum atomic E-state index is -0.250. The van der Waals surface area contributed by atoms with Crippen molar-refractivity contribution in [1.29, 1.82) is 0 Å². The highest BCUT2D eigenvalue weighted by Crippen LogP contribution is 2.43. The smallest absolute Gasteiger partial charge is 0.0572 e. The van der Waals surface area contributed by atoms with Crippen molar-refractivity contribution in [1.82, 2.24) is 0 Å². The van der Waals surface area contributed by atoms with Gasteiger partial charge in [0.25, 0.3) is 0 Å². The van der Waals surface area contributed by atoms with Gasteiger partial charge in [-0.15, -0.1) is 0 Å². The zero-order chi connectivity index (χ0) is 11.6. The van der Waals surface area contributed by atoms with E-state index in [-0.39, 0.29) is 17.4 Å². The van der Waals surface area contributed by atoms with Crippen molar-refractivity contribution in [2.24, 2.45) is 17.3 Å². The summed E-state index contributed by atoms with van der Waals surface area (Å²) in [6.07, 6.45) is 7.66. The topological polar surface area (TPSA) is 20.2 Å². The van der Waals surface area contributed by atoms with E-state index in [1.165, 1.54) is 5.57 Å². The minimum Gasteiger partial charge on any atom is -0.393 e. The van der Waals surface area contributed by atoms with Crippen LogP contribution in [0, 0.1) is 17.3 Å². The number of aliphatic hydroxyl groups is 1. The SMILES string of the molecule is CC1=CC[C@H](C=C[C@@H](C)[C@@H](C)O)C1(C)C. The van der Waals surface area contributed by atoms with Crippen molar-refractivity contribution in [3.63, 3.8) is 0 Å². The molecule has 0 bridgehead atoms. The molecular formula is C14H24O. The zero-order valence-electron chi connectivity index (χ0n) is 10.6. The third kappa shape index (κ3) is 2.72. The predicted molar refractivity (Wildman–Crippen MR) is 65.6 cm³/mol. The molecule has 0 saturated heterocycles. The molecule has 15 heavy (non-hydrogen) atoms. The van der Waals surface area contributed by atoms with Crippen LogP contribution in [0.25, 0.3) is 0 Å². The van der Waals surface area contributed by atoms with Crippen molar-refractivity contribution in [3.05, 3.63) is 23.8 Å². The summed E-state index contributed by atoms with van der Waals surface area (Å²) in [4.78, 5) is 0. The molecule has 0 fully saturated rings. The maximum atomic E-state index is 9.41. The summed E-state index contributed by atoms with van der Waals surface area (Å²) in [5.74, 6) is 0.848. The van der Waals surface area contributed by atoms with Gasteiger partial charge in [-0.3, -0.25) is 0 Å². The summed E-state index contributed by atoms with van der Waals surface area (Å²) in [5, 5.41) is 9.41. The summed E-state index contributed by atoms with van der Waals surface area (Å²) >= 11 is 0. The third-order valence-corrected chi connectivity index (χ3v) is 4.03. The second-order valence-corrected chi connectivity index (χ2v) is 5.44. The quantitative estimate of drug-likeness (QED) is 0.703. The third-order valence-electron chi connectivity index (χ3n) is 4.03. The predicted octanol–water partition coefficient (Wildman–Crippen LogP) is 3.55. The van der Waals surface area contributed by atoms with Crippen LogP contribution in [0.3, 0.4) is 0 Å². The second kappa shape index (κ2) is 4.52. The molecule has 86 valence electrons. The van der Waals surface area contributed by atoms with Crippen LogP contribution in [-0.4, -0.2) is 11.2 Å². The van der Waals surface area contributed by atoms with Gasteiger partial charge in [-0.2, -0.15) is 0 Å². The summed E-state index contributed by atoms with van der Waals surface area (Å²) < 4.78 is 0. The first-order valence-electron chi connectivity index (χ1n) is 5.89. The molecule has 1 rings (SSSR count). The highest BCUT2D eigenvalue weighted by Gasteiger charge is 2.32. The van der Waals surface area contributed by atoms with E-state index in [0.29, 0.717) is 5.92 Å². The summed E-state index contributed by atoms with van der Waals surface area (Å²) in [7, 11) is 0. The van der Waals surface area contributed by atoms with Gasteiger partial charge in [-0.1, -0.05) is 44.6 Å². The normalized spacial score (nSPS) is 29.2. The lowest BCUT2D eigenvalue weighted by Crippen LogP contribution is -2.19. The van der Waals surface area contributed by atoms with E-state index >= 15 is 0 Å². The lowest BCUT2D eigenvalue weighted by atomic mass is 9.77. The van der Waals surface area contributed by atoms with Crippen LogP contribution < -0.4 is 0 Å². The maximum Gasteiger partial charge on any atom is 0.0572 e. The Kier molecular flexibility index (Phi) is 3.77. The van der Waals surface area contributed by atoms with Gasteiger partial charge in [0, 0.05) is 0 Å². The summed E-state index contributed by atoms with van der Waals surface area (Å²) in [6, 6.07) is 0. The lowest BCUT2D eigenvalue weighted by Gasteiger charge is -2.27. The van der Waals surface area contributed by atoms with Gasteiger partial charge in [0.15, 0.2) is 0 Å². The van der Waals surface area contributed by atoms with Crippen molar-refractivity contribution in [3.8, 4) is 0 Å². The largest absolute Gasteiger partial charge is 0.393 e. The summed E-state index contributed by atoms with van der Waals surface area (Å²) in [6.45, 7) is 10.7. The number of aliphatic hydroxyl groups excluding tert-OH is 1. The van der Waals surface area contributed by atoms with Gasteiger partial charge >= 0.3 is 0 Å². The van der Waals surface area contributed by atoms with E-state index < -0.39 is 0 Å². The first kappa shape index (κ1) is 12.5. The number of hydrogen-bond donors (Lipinski definition) is 1. The molecule has 1 aliphatic rings. The molecule has 0 saturated carbocycles. The molecule has 0 unspecified atom stereocenters. The van der Waals surface area contributed by atoms with E-state index in [2.05, 4.69) is 45.9 Å². The molecule has 0 aliphatic heterocycles. The van der Waals surface area contributed by atoms with Crippen molar-refractivity contribution < 1.29 is 5.11 Å². The molecule has 1 nitrogen and oxygen atoms in total. The van der Waals surface area contributed by atoms with Gasteiger partial charge in [0.1, 0.15) is 0 Å². The fourth-order valence-corrected chi connectivity index (χ4v) is 1.94. The van der Waals surface area contributed by atoms with Gasteiger partial charge in [-0.25, -0.2) is 0 Å². The maximum absolute atomic E-state index is 9.41. The molecule has 1 N–H and O–H groups in total. The van der Waals surface area contributed by atoms with Gasteiger partial charge in [-0.05, 0) is 37.5 Å². The molecular weight excluding hydrogens is 184 g/mol. The molecule has 0 spiro atoms. The average molecular weight is 208 g/mol. The Morgan fingerprint density at radius 3 is 2.47 bits per heavy atom. The van der Waals surface area contributed by atoms with Crippen molar-refractivity contribution in [2.45, 2.75) is 47.1 Å². The molecule has 3 atom stereocenters. The molecule has 0 radical (unpaired) electrons. The lowest BCUT2D eigenvalue weighted by molar-refractivity contribution is 0.156. The van der Waals surface area contributed by atoms with Crippen molar-refractivity contribution >= 4 is 0 Å². The van der Waals surface area contributed by atoms with Crippen LogP contribution in [0.5, 0.6) is 0 Å². The highest BCUT2D eigenvalue weighted by molar-refractivity contribution is 5.22. The zero-order valence-corrected chi connectivity index (χ0v) is 10.6. The van der Waals surface area contributed by atoms with Gasteiger partial charge in [0.2, 0.25) is 0 Å². The highest BCUT2D eigenvalue weighted by atomic mass is 16.3. The Morgan fingerprint density at radius 2 is 2.07 bits per heavy atom. The standard InChI is InChI=1S/C14H24O/c1-10(12(3)15)6-8-13-9-7-11(2)14(13,4)5/h6-8,10,12-13,15H,9H2,1-5H3/t10-,12-,13+/m1/s1. The second-order valence-electron chi connectivity index (χ2n) is 5.44. The van der Waals surface area contributed by atoms with Crippen LogP contribution in [0.2, 0.25) is 0 Å². The molecule has 1 aliphatic carbocycles. The number of allylic oxidation sites excluding steroid dienone is 3. The van der Waals surface area contributed by atoms with E-state index in [0.717, 1.165) is 6.42 Å². The van der Waals surface area contributed by atoms with E-state index in [1.807, 2.05) is 6.92 Å². The van der Waals surface area contributed by atoms with E-state index in [1.54, 1.807) is 0 Å². The molecule has 0 aromatic carbocycles. The Balaban J connectivity index is 2.62. The Bertz CT molecular complexity index is 271. The Hall–Kier alpha value is -0.560. The fourth-order valence-electron chi connectivity index (χ4n) is 1.94. The minimum absolute atomic E-state index is 0.250. The van der Waals surface area contributed by atoms with Gasteiger partial charge in [0.05, 0.1) is 6.10 Å². The van der Waals surface area contributed by atoms with Crippen LogP contribution >= 0.6 is 0 Å². The average Bonchev–Trinajstić information content (AvgIpc) is 2.39. The van der Waals surface area contributed by atoms with E-state index in [4.69, 9.17) is 0 Å². The monoisotopic (exact) mass is 208 g/mol. The van der Waals surface area contributed by atoms with E-state index in [9.17, 15) is 5.11 Å². The summed E-state index contributed by atoms with van der Waals surface area (Å²) in [5.41, 5.74) is 1.77. The van der Waals surface area contributed by atoms with Crippen LogP contribution in [0.1, 0.15) is 41.0 Å². The van der Waals surface area contributed by atoms with Gasteiger partial charge < -0.3 is 5.11 Å². The molecule has 1 heteroatoms. The fraction of sp³-hybridized carbons (Fsp3) is 0.714. The van der Waals surface area contributed by atoms with Crippen LogP contribution in [0.4, 0.5) is 0 Å². The number of rotatable bonds is 3. The molecule has 0 amide bonds. The first-order chi connectivity index (χ1) is 6.85. The Morgan fingerprint density at radius 1 is 1.47 bits per heavy atom. The molecule has 0 aromatic heterocycles. The molecule has 0 heterocycles.